The van der Waals surface area contributed by atoms with Crippen molar-refractivity contribution in [1.29, 1.82) is 0 Å². The molecule has 0 aromatic carbocycles. The Bertz CT molecular complexity index is 447. The molecule has 5 heteroatoms. The van der Waals surface area contributed by atoms with Crippen molar-refractivity contribution < 1.29 is 4.42 Å². The summed E-state index contributed by atoms with van der Waals surface area (Å²) < 4.78 is 5.96. The van der Waals surface area contributed by atoms with E-state index in [-0.39, 0.29) is 0 Å². The lowest BCUT2D eigenvalue weighted by Gasteiger charge is -1.99. The monoisotopic (exact) mass is 253 g/mol. The molecule has 0 fully saturated rings. The molecule has 72 valence electrons. The zero-order chi connectivity index (χ0) is 10.1. The van der Waals surface area contributed by atoms with E-state index in [0.29, 0.717) is 22.1 Å². The van der Waals surface area contributed by atoms with E-state index in [1.54, 1.807) is 18.2 Å². The molecule has 0 aliphatic carbocycles. The molecule has 0 spiro atoms. The second-order valence-corrected chi connectivity index (χ2v) is 3.64. The number of hydrogen-bond donors (Lipinski definition) is 1. The van der Waals surface area contributed by atoms with Crippen LogP contribution in [-0.2, 0) is 0 Å². The van der Waals surface area contributed by atoms with Gasteiger partial charge in [0.1, 0.15) is 5.82 Å². The number of anilines is 1. The Morgan fingerprint density at radius 1 is 1.36 bits per heavy atom. The summed E-state index contributed by atoms with van der Waals surface area (Å²) in [6.45, 7) is 1.86. The van der Waals surface area contributed by atoms with E-state index in [4.69, 9.17) is 10.2 Å². The van der Waals surface area contributed by atoms with Gasteiger partial charge in [0, 0.05) is 11.8 Å². The van der Waals surface area contributed by atoms with Crippen LogP contribution in [0.1, 0.15) is 5.69 Å². The third-order valence-electron chi connectivity index (χ3n) is 1.67. The van der Waals surface area contributed by atoms with Crippen LogP contribution in [0.4, 0.5) is 5.82 Å². The molecular formula is C9H8BrN3O. The Morgan fingerprint density at radius 3 is 2.71 bits per heavy atom. The van der Waals surface area contributed by atoms with Crippen LogP contribution in [-0.4, -0.2) is 9.97 Å². The third-order valence-corrected chi connectivity index (χ3v) is 2.09. The highest BCUT2D eigenvalue weighted by molar-refractivity contribution is 9.10. The first-order chi connectivity index (χ1) is 6.65. The summed E-state index contributed by atoms with van der Waals surface area (Å²) in [4.78, 5) is 8.28. The van der Waals surface area contributed by atoms with Crippen molar-refractivity contribution in [1.82, 2.24) is 9.97 Å². The minimum atomic E-state index is 0.444. The first-order valence-corrected chi connectivity index (χ1v) is 4.81. The zero-order valence-corrected chi connectivity index (χ0v) is 9.08. The molecule has 2 rings (SSSR count). The van der Waals surface area contributed by atoms with Gasteiger partial charge < -0.3 is 10.2 Å². The van der Waals surface area contributed by atoms with E-state index in [2.05, 4.69) is 25.9 Å². The van der Waals surface area contributed by atoms with Crippen molar-refractivity contribution in [3.8, 4) is 11.6 Å². The van der Waals surface area contributed by atoms with Gasteiger partial charge in [0.15, 0.2) is 16.3 Å². The maximum Gasteiger partial charge on any atom is 0.197 e. The predicted octanol–water partition coefficient (Wildman–Crippen LogP) is 2.39. The molecule has 2 aromatic heterocycles. The number of rotatable bonds is 1. The zero-order valence-electron chi connectivity index (χ0n) is 7.49. The Hall–Kier alpha value is -1.36. The minimum Gasteiger partial charge on any atom is -0.446 e. The van der Waals surface area contributed by atoms with Gasteiger partial charge in [0.25, 0.3) is 0 Å². The van der Waals surface area contributed by atoms with Gasteiger partial charge in [-0.05, 0) is 35.0 Å². The lowest BCUT2D eigenvalue weighted by molar-refractivity contribution is 0.551. The van der Waals surface area contributed by atoms with E-state index < -0.39 is 0 Å². The minimum absolute atomic E-state index is 0.444. The summed E-state index contributed by atoms with van der Waals surface area (Å²) in [6, 6.07) is 5.29. The lowest BCUT2D eigenvalue weighted by Crippen LogP contribution is -1.96. The van der Waals surface area contributed by atoms with E-state index in [1.807, 2.05) is 6.92 Å². The quantitative estimate of drug-likeness (QED) is 0.848. The topological polar surface area (TPSA) is 64.9 Å². The molecule has 2 aromatic rings. The van der Waals surface area contributed by atoms with E-state index in [0.717, 1.165) is 5.69 Å². The molecule has 14 heavy (non-hydrogen) atoms. The van der Waals surface area contributed by atoms with E-state index in [1.165, 1.54) is 0 Å². The molecule has 2 N–H and O–H groups in total. The average molecular weight is 254 g/mol. The fraction of sp³-hybridized carbons (Fsp3) is 0.111. The number of aromatic nitrogens is 2. The molecule has 0 atom stereocenters. The van der Waals surface area contributed by atoms with Gasteiger partial charge in [-0.15, -0.1) is 0 Å². The van der Waals surface area contributed by atoms with Crippen molar-refractivity contribution in [2.24, 2.45) is 0 Å². The van der Waals surface area contributed by atoms with Crippen LogP contribution in [0.15, 0.2) is 27.3 Å². The Labute approximate surface area is 89.3 Å². The Kier molecular flexibility index (Phi) is 2.25. The van der Waals surface area contributed by atoms with Crippen LogP contribution in [0.2, 0.25) is 0 Å². The highest BCUT2D eigenvalue weighted by Crippen LogP contribution is 2.22. The SMILES string of the molecule is Cc1cc(N)nc(-c2ccc(Br)o2)n1. The summed E-state index contributed by atoms with van der Waals surface area (Å²) in [5, 5.41) is 0. The third kappa shape index (κ3) is 1.77. The maximum absolute atomic E-state index is 5.60. The molecule has 0 unspecified atom stereocenters. The van der Waals surface area contributed by atoms with Gasteiger partial charge in [-0.3, -0.25) is 0 Å². The fourth-order valence-corrected chi connectivity index (χ4v) is 1.44. The first kappa shape index (κ1) is 9.21. The summed E-state index contributed by atoms with van der Waals surface area (Å²) >= 11 is 3.21. The molecule has 2 heterocycles. The Morgan fingerprint density at radius 2 is 2.14 bits per heavy atom. The van der Waals surface area contributed by atoms with E-state index in [9.17, 15) is 0 Å². The van der Waals surface area contributed by atoms with E-state index >= 15 is 0 Å². The van der Waals surface area contributed by atoms with Crippen molar-refractivity contribution in [3.63, 3.8) is 0 Å². The largest absolute Gasteiger partial charge is 0.446 e. The maximum atomic E-state index is 5.60. The van der Waals surface area contributed by atoms with Crippen LogP contribution in [0.5, 0.6) is 0 Å². The average Bonchev–Trinajstić information content (AvgIpc) is 2.50. The number of furan rings is 1. The number of hydrogen-bond acceptors (Lipinski definition) is 4. The molecule has 0 amide bonds. The second kappa shape index (κ2) is 3.42. The standard InChI is InChI=1S/C9H8BrN3O/c1-5-4-8(11)13-9(12-5)6-2-3-7(10)14-6/h2-4H,1H3,(H2,11,12,13). The number of aryl methyl sites for hydroxylation is 1. The summed E-state index contributed by atoms with van der Waals surface area (Å²) in [5.74, 6) is 1.56. The molecule has 0 radical (unpaired) electrons. The van der Waals surface area contributed by atoms with Crippen molar-refractivity contribution in [3.05, 3.63) is 28.6 Å². The first-order valence-electron chi connectivity index (χ1n) is 4.02. The molecule has 0 aliphatic rings. The molecular weight excluding hydrogens is 246 g/mol. The van der Waals surface area contributed by atoms with Crippen LogP contribution < -0.4 is 5.73 Å². The summed E-state index contributed by atoms with van der Waals surface area (Å²) in [7, 11) is 0. The van der Waals surface area contributed by atoms with Crippen LogP contribution in [0.25, 0.3) is 11.6 Å². The van der Waals surface area contributed by atoms with Gasteiger partial charge in [-0.25, -0.2) is 9.97 Å². The van der Waals surface area contributed by atoms with Gasteiger partial charge in [-0.2, -0.15) is 0 Å². The number of halogens is 1. The second-order valence-electron chi connectivity index (χ2n) is 2.86. The molecule has 4 nitrogen and oxygen atoms in total. The van der Waals surface area contributed by atoms with Crippen LogP contribution in [0, 0.1) is 6.92 Å². The fourth-order valence-electron chi connectivity index (χ4n) is 1.14. The van der Waals surface area contributed by atoms with Gasteiger partial charge in [0.05, 0.1) is 0 Å². The van der Waals surface area contributed by atoms with Crippen LogP contribution in [0.3, 0.4) is 0 Å². The smallest absolute Gasteiger partial charge is 0.197 e. The van der Waals surface area contributed by atoms with Crippen LogP contribution >= 0.6 is 15.9 Å². The van der Waals surface area contributed by atoms with Crippen molar-refractivity contribution >= 4 is 21.7 Å². The molecule has 0 bridgehead atoms. The van der Waals surface area contributed by atoms with Crippen molar-refractivity contribution in [2.45, 2.75) is 6.92 Å². The molecule has 0 saturated heterocycles. The lowest BCUT2D eigenvalue weighted by atomic mass is 10.3. The summed E-state index contributed by atoms with van der Waals surface area (Å²) in [6.07, 6.45) is 0. The highest BCUT2D eigenvalue weighted by atomic mass is 79.9. The number of nitrogen functional groups attached to an aromatic ring is 1. The normalized spacial score (nSPS) is 10.4. The van der Waals surface area contributed by atoms with Crippen molar-refractivity contribution in [2.75, 3.05) is 5.73 Å². The predicted molar refractivity (Wildman–Crippen MR) is 56.6 cm³/mol. The number of nitrogens with two attached hydrogens (primary N) is 1. The van der Waals surface area contributed by atoms with Gasteiger partial charge in [-0.1, -0.05) is 0 Å². The van der Waals surface area contributed by atoms with Gasteiger partial charge >= 0.3 is 0 Å². The van der Waals surface area contributed by atoms with Gasteiger partial charge in [0.2, 0.25) is 0 Å². The number of nitrogens with zero attached hydrogens (tertiary/aromatic N) is 2. The Balaban J connectivity index is 2.51. The summed E-state index contributed by atoms with van der Waals surface area (Å²) in [5.41, 5.74) is 6.42. The highest BCUT2D eigenvalue weighted by Gasteiger charge is 2.07. The molecule has 0 aliphatic heterocycles. The molecule has 0 saturated carbocycles.